The van der Waals surface area contributed by atoms with Crippen LogP contribution in [0.1, 0.15) is 6.42 Å². The molecule has 11 heteroatoms. The minimum absolute atomic E-state index is 0.111. The largest absolute Gasteiger partial charge is 0.573 e. The van der Waals surface area contributed by atoms with Gasteiger partial charge in [0.15, 0.2) is 11.5 Å². The smallest absolute Gasteiger partial charge is 0.486 e. The molecule has 1 saturated heterocycles. The fraction of sp³-hybridized carbons (Fsp3) is 0.300. The predicted octanol–water partition coefficient (Wildman–Crippen LogP) is 3.28. The summed E-state index contributed by atoms with van der Waals surface area (Å²) in [6.07, 6.45) is -4.68. The van der Waals surface area contributed by atoms with Crippen LogP contribution < -0.4 is 29.7 Å². The van der Waals surface area contributed by atoms with E-state index in [0.717, 1.165) is 12.1 Å². The molecule has 2 aliphatic rings. The van der Waals surface area contributed by atoms with E-state index in [1.54, 1.807) is 23.1 Å². The zero-order valence-electron chi connectivity index (χ0n) is 16.1. The van der Waals surface area contributed by atoms with Crippen LogP contribution in [0.25, 0.3) is 0 Å². The number of ether oxygens (including phenoxy) is 3. The van der Waals surface area contributed by atoms with Gasteiger partial charge in [-0.3, -0.25) is 4.79 Å². The number of carbonyl (C=O) groups is 2. The van der Waals surface area contributed by atoms with E-state index in [2.05, 4.69) is 15.4 Å². The summed E-state index contributed by atoms with van der Waals surface area (Å²) in [7, 11) is 0. The molecule has 4 rings (SSSR count). The van der Waals surface area contributed by atoms with Crippen LogP contribution in [0, 0.1) is 0 Å². The Kier molecular flexibility index (Phi) is 5.49. The van der Waals surface area contributed by atoms with Crippen molar-refractivity contribution in [1.82, 2.24) is 5.32 Å². The van der Waals surface area contributed by atoms with Crippen molar-refractivity contribution in [1.29, 1.82) is 0 Å². The van der Waals surface area contributed by atoms with E-state index in [0.29, 0.717) is 30.4 Å². The number of carbonyl (C=O) groups excluding carboxylic acids is 2. The summed E-state index contributed by atoms with van der Waals surface area (Å²) < 4.78 is 51.4. The van der Waals surface area contributed by atoms with Crippen LogP contribution in [0.5, 0.6) is 17.2 Å². The van der Waals surface area contributed by atoms with Crippen LogP contribution in [0.4, 0.5) is 29.3 Å². The van der Waals surface area contributed by atoms with Gasteiger partial charge in [-0.25, -0.2) is 4.79 Å². The summed E-state index contributed by atoms with van der Waals surface area (Å²) >= 11 is 0. The lowest BCUT2D eigenvalue weighted by molar-refractivity contribution is -0.274. The molecule has 3 amide bonds. The molecule has 1 fully saturated rings. The number of rotatable bonds is 4. The Hall–Kier alpha value is -3.63. The first-order valence-corrected chi connectivity index (χ1v) is 9.40. The van der Waals surface area contributed by atoms with Crippen LogP contribution in [0.2, 0.25) is 0 Å². The zero-order valence-corrected chi connectivity index (χ0v) is 16.1. The van der Waals surface area contributed by atoms with E-state index in [9.17, 15) is 22.8 Å². The van der Waals surface area contributed by atoms with Gasteiger partial charge in [0.2, 0.25) is 5.91 Å². The van der Waals surface area contributed by atoms with Gasteiger partial charge >= 0.3 is 12.4 Å². The van der Waals surface area contributed by atoms with Crippen LogP contribution in [-0.2, 0) is 4.79 Å². The number of benzene rings is 2. The molecule has 0 bridgehead atoms. The monoisotopic (exact) mass is 437 g/mol. The molecule has 2 aromatic rings. The molecule has 0 spiro atoms. The molecule has 0 aromatic heterocycles. The number of fused-ring (bicyclic) bond motifs is 1. The Morgan fingerprint density at radius 3 is 2.48 bits per heavy atom. The first-order valence-electron chi connectivity index (χ1n) is 9.40. The van der Waals surface area contributed by atoms with Gasteiger partial charge in [-0.15, -0.1) is 13.2 Å². The quantitative estimate of drug-likeness (QED) is 0.767. The van der Waals surface area contributed by atoms with Gasteiger partial charge in [0.05, 0.1) is 6.04 Å². The third-order valence-corrected chi connectivity index (χ3v) is 4.64. The number of urea groups is 1. The molecule has 1 unspecified atom stereocenters. The SMILES string of the molecule is O=C(Nc1ccc(OC(F)(F)F)cc1)NC1CC(=O)N(c2ccc3c(c2)OCCO3)C1. The number of hydrogen-bond donors (Lipinski definition) is 2. The molecule has 2 aliphatic heterocycles. The molecule has 2 heterocycles. The average molecular weight is 437 g/mol. The van der Waals surface area contributed by atoms with Crippen molar-refractivity contribution in [2.45, 2.75) is 18.8 Å². The number of hydrogen-bond acceptors (Lipinski definition) is 5. The first kappa shape index (κ1) is 20.6. The van der Waals surface area contributed by atoms with Gasteiger partial charge in [0, 0.05) is 30.4 Å². The maximum atomic E-state index is 12.4. The van der Waals surface area contributed by atoms with Crippen molar-refractivity contribution in [3.05, 3.63) is 42.5 Å². The van der Waals surface area contributed by atoms with Gasteiger partial charge in [-0.2, -0.15) is 0 Å². The lowest BCUT2D eigenvalue weighted by Gasteiger charge is -2.22. The lowest BCUT2D eigenvalue weighted by Crippen LogP contribution is -2.39. The molecular weight excluding hydrogens is 419 g/mol. The van der Waals surface area contributed by atoms with Crippen LogP contribution >= 0.6 is 0 Å². The molecule has 1 atom stereocenters. The van der Waals surface area contributed by atoms with Crippen molar-refractivity contribution in [2.24, 2.45) is 0 Å². The van der Waals surface area contributed by atoms with Crippen LogP contribution in [0.15, 0.2) is 42.5 Å². The fourth-order valence-corrected chi connectivity index (χ4v) is 3.35. The van der Waals surface area contributed by atoms with Crippen molar-refractivity contribution < 1.29 is 37.0 Å². The second kappa shape index (κ2) is 8.25. The molecule has 0 radical (unpaired) electrons. The van der Waals surface area contributed by atoms with Gasteiger partial charge in [0.1, 0.15) is 19.0 Å². The third kappa shape index (κ3) is 5.11. The number of halogens is 3. The molecule has 0 aliphatic carbocycles. The number of alkyl halides is 3. The van der Waals surface area contributed by atoms with Gasteiger partial charge in [-0.1, -0.05) is 0 Å². The summed E-state index contributed by atoms with van der Waals surface area (Å²) in [5.41, 5.74) is 0.916. The highest BCUT2D eigenvalue weighted by Gasteiger charge is 2.33. The number of nitrogens with zero attached hydrogens (tertiary/aromatic N) is 1. The molecule has 0 saturated carbocycles. The standard InChI is InChI=1S/C20H18F3N3O5/c21-20(22,23)31-15-4-1-12(2-5-15)24-19(28)25-13-9-18(27)26(11-13)14-3-6-16-17(10-14)30-8-7-29-16/h1-6,10,13H,7-9,11H2,(H2,24,25,28). The number of anilines is 2. The Bertz CT molecular complexity index is 981. The number of amides is 3. The highest BCUT2D eigenvalue weighted by Crippen LogP contribution is 2.35. The topological polar surface area (TPSA) is 89.1 Å². The van der Waals surface area contributed by atoms with Gasteiger partial charge in [0.25, 0.3) is 0 Å². The van der Waals surface area contributed by atoms with E-state index in [-0.39, 0.29) is 24.6 Å². The molecule has 164 valence electrons. The minimum Gasteiger partial charge on any atom is -0.486 e. The molecule has 2 aromatic carbocycles. The summed E-state index contributed by atoms with van der Waals surface area (Å²) in [5, 5.41) is 5.21. The molecule has 31 heavy (non-hydrogen) atoms. The third-order valence-electron chi connectivity index (χ3n) is 4.64. The van der Waals surface area contributed by atoms with Crippen LogP contribution in [0.3, 0.4) is 0 Å². The molecule has 2 N–H and O–H groups in total. The van der Waals surface area contributed by atoms with E-state index in [1.807, 2.05) is 0 Å². The summed E-state index contributed by atoms with van der Waals surface area (Å²) in [4.78, 5) is 26.2. The average Bonchev–Trinajstić information content (AvgIpc) is 3.08. The number of nitrogens with one attached hydrogen (secondary N) is 2. The Morgan fingerprint density at radius 1 is 1.06 bits per heavy atom. The predicted molar refractivity (Wildman–Crippen MR) is 103 cm³/mol. The van der Waals surface area contributed by atoms with Gasteiger partial charge in [-0.05, 0) is 36.4 Å². The Morgan fingerprint density at radius 2 is 1.77 bits per heavy atom. The summed E-state index contributed by atoms with van der Waals surface area (Å²) in [6.45, 7) is 1.16. The lowest BCUT2D eigenvalue weighted by atomic mass is 10.2. The van der Waals surface area contributed by atoms with Crippen molar-refractivity contribution in [3.8, 4) is 17.2 Å². The van der Waals surface area contributed by atoms with Crippen molar-refractivity contribution >= 4 is 23.3 Å². The maximum Gasteiger partial charge on any atom is 0.573 e. The maximum absolute atomic E-state index is 12.4. The highest BCUT2D eigenvalue weighted by atomic mass is 19.4. The van der Waals surface area contributed by atoms with Crippen LogP contribution in [-0.4, -0.2) is 44.1 Å². The van der Waals surface area contributed by atoms with E-state index < -0.39 is 24.2 Å². The molecule has 8 nitrogen and oxygen atoms in total. The van der Waals surface area contributed by atoms with E-state index in [4.69, 9.17) is 9.47 Å². The van der Waals surface area contributed by atoms with Crippen molar-refractivity contribution in [2.75, 3.05) is 30.0 Å². The van der Waals surface area contributed by atoms with E-state index >= 15 is 0 Å². The van der Waals surface area contributed by atoms with Crippen molar-refractivity contribution in [3.63, 3.8) is 0 Å². The summed E-state index contributed by atoms with van der Waals surface area (Å²) in [5.74, 6) is 0.622. The fourth-order valence-electron chi connectivity index (χ4n) is 3.35. The normalized spacial score (nSPS) is 18.0. The second-order valence-corrected chi connectivity index (χ2v) is 6.90. The van der Waals surface area contributed by atoms with E-state index in [1.165, 1.54) is 12.1 Å². The Labute approximate surface area is 174 Å². The Balaban J connectivity index is 1.33. The first-order chi connectivity index (χ1) is 14.8. The zero-order chi connectivity index (χ0) is 22.0. The molecular formula is C20H18F3N3O5. The minimum atomic E-state index is -4.79. The van der Waals surface area contributed by atoms with Gasteiger partial charge < -0.3 is 29.7 Å². The highest BCUT2D eigenvalue weighted by molar-refractivity contribution is 5.98. The second-order valence-electron chi connectivity index (χ2n) is 6.90. The summed E-state index contributed by atoms with van der Waals surface area (Å²) in [6, 6.07) is 8.93.